The summed E-state index contributed by atoms with van der Waals surface area (Å²) in [5.74, 6) is -0.890. The van der Waals surface area contributed by atoms with Gasteiger partial charge in [0.1, 0.15) is 5.78 Å². The van der Waals surface area contributed by atoms with Gasteiger partial charge in [-0.3, -0.25) is 9.59 Å². The van der Waals surface area contributed by atoms with E-state index in [0.29, 0.717) is 32.7 Å². The van der Waals surface area contributed by atoms with Gasteiger partial charge in [-0.1, -0.05) is 27.4 Å². The summed E-state index contributed by atoms with van der Waals surface area (Å²) in [7, 11) is 0. The molecule has 0 aliphatic carbocycles. The van der Waals surface area contributed by atoms with E-state index in [1.54, 1.807) is 6.92 Å². The van der Waals surface area contributed by atoms with Gasteiger partial charge in [0.25, 0.3) is 0 Å². The highest BCUT2D eigenvalue weighted by Gasteiger charge is 2.43. The van der Waals surface area contributed by atoms with Gasteiger partial charge in [0.15, 0.2) is 5.79 Å². The van der Waals surface area contributed by atoms with Crippen LogP contribution in [0, 0.1) is 16.7 Å². The van der Waals surface area contributed by atoms with Gasteiger partial charge in [-0.05, 0) is 59.0 Å². The topological polar surface area (TPSA) is 71.1 Å². The van der Waals surface area contributed by atoms with Gasteiger partial charge in [0.2, 0.25) is 0 Å². The van der Waals surface area contributed by atoms with Crippen molar-refractivity contribution < 1.29 is 28.5 Å². The molecule has 2 heterocycles. The van der Waals surface area contributed by atoms with Crippen LogP contribution in [-0.2, 0) is 28.5 Å². The third kappa shape index (κ3) is 7.96. The predicted molar refractivity (Wildman–Crippen MR) is 124 cm³/mol. The molecular formula is C26H44O6. The number of carbonyl (C=O) groups excluding carboxylic acids is 2. The summed E-state index contributed by atoms with van der Waals surface area (Å²) in [5, 5.41) is 0. The molecule has 0 spiro atoms. The molecule has 0 aromatic heterocycles. The average Bonchev–Trinajstić information content (AvgIpc) is 3.04. The molecular weight excluding hydrogens is 408 g/mol. The molecule has 2 rings (SSSR count). The van der Waals surface area contributed by atoms with Crippen LogP contribution in [-0.4, -0.2) is 49.6 Å². The minimum atomic E-state index is -0.747. The molecule has 32 heavy (non-hydrogen) atoms. The molecule has 0 aromatic carbocycles. The molecule has 6 nitrogen and oxygen atoms in total. The molecule has 0 unspecified atom stereocenters. The van der Waals surface area contributed by atoms with Crippen molar-refractivity contribution in [3.05, 3.63) is 12.2 Å². The highest BCUT2D eigenvalue weighted by molar-refractivity contribution is 5.77. The van der Waals surface area contributed by atoms with Crippen LogP contribution in [0.3, 0.4) is 0 Å². The summed E-state index contributed by atoms with van der Waals surface area (Å²) in [4.78, 5) is 23.8. The van der Waals surface area contributed by atoms with Crippen molar-refractivity contribution in [2.45, 2.75) is 105 Å². The zero-order chi connectivity index (χ0) is 24.2. The largest absolute Gasteiger partial charge is 0.465 e. The van der Waals surface area contributed by atoms with E-state index in [-0.39, 0.29) is 35.3 Å². The van der Waals surface area contributed by atoms with Crippen molar-refractivity contribution in [1.29, 1.82) is 0 Å². The molecule has 0 aromatic rings. The highest BCUT2D eigenvalue weighted by Crippen LogP contribution is 2.39. The number of esters is 1. The molecule has 2 aliphatic rings. The lowest BCUT2D eigenvalue weighted by Gasteiger charge is -2.45. The lowest BCUT2D eigenvalue weighted by Crippen LogP contribution is -2.49. The Kier molecular flexibility index (Phi) is 9.11. The number of carbonyl (C=O) groups is 2. The molecule has 0 radical (unpaired) electrons. The van der Waals surface area contributed by atoms with E-state index in [1.807, 2.05) is 27.7 Å². The van der Waals surface area contributed by atoms with E-state index < -0.39 is 11.2 Å². The number of hydrogen-bond donors (Lipinski definition) is 0. The standard InChI is InChI=1S/C26H44O6/c1-18-14-21(10-9-13-29-23(28)24(4,5)6)32-22(18)11-12-26(15-19(2)20(3)27)30-16-25(7,8)17-31-26/h19,21-22H,1,9-17H2,2-8H3/t19-,21+,22+/m1/s1. The van der Waals surface area contributed by atoms with Crippen LogP contribution in [0.5, 0.6) is 0 Å². The Balaban J connectivity index is 1.84. The van der Waals surface area contributed by atoms with E-state index in [1.165, 1.54) is 0 Å². The zero-order valence-electron chi connectivity index (χ0n) is 21.3. The number of rotatable bonds is 10. The molecule has 0 amide bonds. The van der Waals surface area contributed by atoms with Crippen LogP contribution in [0.1, 0.15) is 87.0 Å². The predicted octanol–water partition coefficient (Wildman–Crippen LogP) is 5.23. The first-order valence-electron chi connectivity index (χ1n) is 12.0. The van der Waals surface area contributed by atoms with Gasteiger partial charge in [0, 0.05) is 24.2 Å². The van der Waals surface area contributed by atoms with Gasteiger partial charge >= 0.3 is 5.97 Å². The summed E-state index contributed by atoms with van der Waals surface area (Å²) in [6, 6.07) is 0. The second kappa shape index (κ2) is 10.8. The summed E-state index contributed by atoms with van der Waals surface area (Å²) >= 11 is 0. The van der Waals surface area contributed by atoms with Gasteiger partial charge in [-0.2, -0.15) is 0 Å². The van der Waals surface area contributed by atoms with Crippen LogP contribution >= 0.6 is 0 Å². The van der Waals surface area contributed by atoms with Crippen molar-refractivity contribution in [3.8, 4) is 0 Å². The average molecular weight is 453 g/mol. The quantitative estimate of drug-likeness (QED) is 0.257. The monoisotopic (exact) mass is 452 g/mol. The van der Waals surface area contributed by atoms with Crippen molar-refractivity contribution >= 4 is 11.8 Å². The number of ketones is 1. The van der Waals surface area contributed by atoms with Gasteiger partial charge < -0.3 is 18.9 Å². The molecule has 0 saturated carbocycles. The Morgan fingerprint density at radius 1 is 1.19 bits per heavy atom. The maximum atomic E-state index is 11.9. The summed E-state index contributed by atoms with van der Waals surface area (Å²) < 4.78 is 24.1. The number of ether oxygens (including phenoxy) is 4. The third-order valence-electron chi connectivity index (χ3n) is 6.37. The van der Waals surface area contributed by atoms with Crippen LogP contribution in [0.15, 0.2) is 12.2 Å². The van der Waals surface area contributed by atoms with Crippen molar-refractivity contribution in [1.82, 2.24) is 0 Å². The van der Waals surface area contributed by atoms with Gasteiger partial charge in [-0.15, -0.1) is 0 Å². The summed E-state index contributed by atoms with van der Waals surface area (Å²) in [6.07, 6.45) is 4.46. The van der Waals surface area contributed by atoms with E-state index in [9.17, 15) is 9.59 Å². The molecule has 2 saturated heterocycles. The molecule has 184 valence electrons. The fourth-order valence-electron chi connectivity index (χ4n) is 4.00. The SMILES string of the molecule is C=C1C[C@H](CCCOC(=O)C(C)(C)C)O[C@H]1CCC1(C[C@@H](C)C(C)=O)OCC(C)(C)CO1. The van der Waals surface area contributed by atoms with Crippen LogP contribution in [0.25, 0.3) is 0 Å². The highest BCUT2D eigenvalue weighted by atomic mass is 16.7. The normalized spacial score (nSPS) is 26.0. The van der Waals surface area contributed by atoms with Crippen LogP contribution in [0.4, 0.5) is 0 Å². The molecule has 3 atom stereocenters. The minimum Gasteiger partial charge on any atom is -0.465 e. The van der Waals surface area contributed by atoms with E-state index >= 15 is 0 Å². The van der Waals surface area contributed by atoms with E-state index in [4.69, 9.17) is 18.9 Å². The maximum absolute atomic E-state index is 11.9. The Morgan fingerprint density at radius 3 is 2.38 bits per heavy atom. The first-order chi connectivity index (χ1) is 14.7. The summed E-state index contributed by atoms with van der Waals surface area (Å²) in [6.45, 7) is 19.2. The molecule has 2 fully saturated rings. The Morgan fingerprint density at radius 2 is 1.81 bits per heavy atom. The van der Waals surface area contributed by atoms with Crippen molar-refractivity contribution in [2.75, 3.05) is 19.8 Å². The molecule has 0 N–H and O–H groups in total. The van der Waals surface area contributed by atoms with Gasteiger partial charge in [0.05, 0.1) is 37.4 Å². The molecule has 6 heteroatoms. The van der Waals surface area contributed by atoms with Crippen molar-refractivity contribution in [2.24, 2.45) is 16.7 Å². The number of Topliss-reactive ketones (excluding diaryl/α,β-unsaturated/α-hetero) is 1. The second-order valence-electron chi connectivity index (χ2n) is 11.5. The fourth-order valence-corrected chi connectivity index (χ4v) is 4.00. The lowest BCUT2D eigenvalue weighted by molar-refractivity contribution is -0.308. The molecule has 0 bridgehead atoms. The van der Waals surface area contributed by atoms with Crippen molar-refractivity contribution in [3.63, 3.8) is 0 Å². The Labute approximate surface area is 194 Å². The Hall–Kier alpha value is -1.24. The summed E-state index contributed by atoms with van der Waals surface area (Å²) in [5.41, 5.74) is 0.586. The number of hydrogen-bond acceptors (Lipinski definition) is 6. The van der Waals surface area contributed by atoms with Gasteiger partial charge in [-0.25, -0.2) is 0 Å². The fraction of sp³-hybridized carbons (Fsp3) is 0.846. The molecule has 2 aliphatic heterocycles. The van der Waals surface area contributed by atoms with E-state index in [2.05, 4.69) is 20.4 Å². The minimum absolute atomic E-state index is 0.0298. The third-order valence-corrected chi connectivity index (χ3v) is 6.37. The lowest BCUT2D eigenvalue weighted by atomic mass is 9.89. The van der Waals surface area contributed by atoms with Crippen LogP contribution < -0.4 is 0 Å². The smallest absolute Gasteiger partial charge is 0.311 e. The van der Waals surface area contributed by atoms with Crippen LogP contribution in [0.2, 0.25) is 0 Å². The first-order valence-corrected chi connectivity index (χ1v) is 12.0. The first kappa shape index (κ1) is 27.0. The second-order valence-corrected chi connectivity index (χ2v) is 11.5. The maximum Gasteiger partial charge on any atom is 0.311 e. The van der Waals surface area contributed by atoms with E-state index in [0.717, 1.165) is 31.3 Å². The Bertz CT molecular complexity index is 664. The zero-order valence-corrected chi connectivity index (χ0v) is 21.3.